The Kier molecular flexibility index (Phi) is 4.57. The van der Waals surface area contributed by atoms with Gasteiger partial charge in [0.1, 0.15) is 0 Å². The van der Waals surface area contributed by atoms with Crippen molar-refractivity contribution in [2.75, 3.05) is 0 Å². The van der Waals surface area contributed by atoms with Crippen molar-refractivity contribution in [1.82, 2.24) is 9.97 Å². The molecule has 2 nitrogen and oxygen atoms in total. The SMILES string of the molecule is Ic1cccc(-c2nc(-c3ccccc3)cc(-c3ccccc3)n2)c1. The van der Waals surface area contributed by atoms with E-state index in [1.54, 1.807) is 0 Å². The van der Waals surface area contributed by atoms with Gasteiger partial charge < -0.3 is 0 Å². The highest BCUT2D eigenvalue weighted by Crippen LogP contribution is 2.27. The highest BCUT2D eigenvalue weighted by molar-refractivity contribution is 14.1. The first-order chi connectivity index (χ1) is 12.3. The molecule has 0 saturated carbocycles. The summed E-state index contributed by atoms with van der Waals surface area (Å²) in [6.07, 6.45) is 0. The third kappa shape index (κ3) is 3.61. The zero-order valence-corrected chi connectivity index (χ0v) is 15.6. The molecule has 0 aliphatic heterocycles. The van der Waals surface area contributed by atoms with Gasteiger partial charge in [-0.3, -0.25) is 0 Å². The average Bonchev–Trinajstić information content (AvgIpc) is 2.69. The summed E-state index contributed by atoms with van der Waals surface area (Å²) in [4.78, 5) is 9.65. The molecule has 25 heavy (non-hydrogen) atoms. The Morgan fingerprint density at radius 1 is 0.520 bits per heavy atom. The Morgan fingerprint density at radius 3 is 1.56 bits per heavy atom. The first-order valence-corrected chi connectivity index (χ1v) is 9.13. The Balaban J connectivity index is 1.92. The molecule has 0 spiro atoms. The van der Waals surface area contributed by atoms with Crippen LogP contribution in [0, 0.1) is 3.57 Å². The van der Waals surface area contributed by atoms with E-state index in [1.807, 2.05) is 42.5 Å². The molecule has 1 aromatic heterocycles. The van der Waals surface area contributed by atoms with Crippen LogP contribution >= 0.6 is 22.6 Å². The lowest BCUT2D eigenvalue weighted by Crippen LogP contribution is -1.96. The molecule has 0 fully saturated rings. The molecule has 0 radical (unpaired) electrons. The predicted octanol–water partition coefficient (Wildman–Crippen LogP) is 6.08. The van der Waals surface area contributed by atoms with Crippen LogP contribution in [-0.2, 0) is 0 Å². The van der Waals surface area contributed by atoms with Crippen molar-refractivity contribution in [2.45, 2.75) is 0 Å². The van der Waals surface area contributed by atoms with Crippen LogP contribution < -0.4 is 0 Å². The van der Waals surface area contributed by atoms with E-state index >= 15 is 0 Å². The van der Waals surface area contributed by atoms with E-state index < -0.39 is 0 Å². The fraction of sp³-hybridized carbons (Fsp3) is 0. The van der Waals surface area contributed by atoms with Crippen LogP contribution in [0.2, 0.25) is 0 Å². The highest BCUT2D eigenvalue weighted by atomic mass is 127. The third-order valence-corrected chi connectivity index (χ3v) is 4.62. The Hall–Kier alpha value is -2.53. The van der Waals surface area contributed by atoms with Crippen molar-refractivity contribution in [3.63, 3.8) is 0 Å². The third-order valence-electron chi connectivity index (χ3n) is 3.95. The minimum atomic E-state index is 0.749. The van der Waals surface area contributed by atoms with Gasteiger partial charge in [0.05, 0.1) is 11.4 Å². The summed E-state index contributed by atoms with van der Waals surface area (Å²) in [5.41, 5.74) is 5.08. The number of nitrogens with zero attached hydrogens (tertiary/aromatic N) is 2. The monoisotopic (exact) mass is 434 g/mol. The van der Waals surface area contributed by atoms with Gasteiger partial charge in [0.2, 0.25) is 0 Å². The van der Waals surface area contributed by atoms with Crippen LogP contribution in [-0.4, -0.2) is 9.97 Å². The normalized spacial score (nSPS) is 10.6. The summed E-state index contributed by atoms with van der Waals surface area (Å²) < 4.78 is 1.17. The molecule has 0 atom stereocenters. The van der Waals surface area contributed by atoms with E-state index in [0.717, 1.165) is 33.9 Å². The van der Waals surface area contributed by atoms with E-state index in [-0.39, 0.29) is 0 Å². The lowest BCUT2D eigenvalue weighted by molar-refractivity contribution is 1.18. The second-order valence-electron chi connectivity index (χ2n) is 5.70. The van der Waals surface area contributed by atoms with Gasteiger partial charge in [0, 0.05) is 20.3 Å². The van der Waals surface area contributed by atoms with Gasteiger partial charge in [-0.2, -0.15) is 0 Å². The molecule has 0 saturated heterocycles. The van der Waals surface area contributed by atoms with E-state index in [1.165, 1.54) is 3.57 Å². The second-order valence-corrected chi connectivity index (χ2v) is 6.95. The van der Waals surface area contributed by atoms with Gasteiger partial charge in [0.15, 0.2) is 5.82 Å². The molecule has 4 aromatic rings. The van der Waals surface area contributed by atoms with Crippen LogP contribution in [0.25, 0.3) is 33.9 Å². The summed E-state index contributed by atoms with van der Waals surface area (Å²) in [6.45, 7) is 0. The minimum absolute atomic E-state index is 0.749. The molecule has 1 heterocycles. The van der Waals surface area contributed by atoms with Crippen LogP contribution in [0.5, 0.6) is 0 Å². The van der Waals surface area contributed by atoms with Crippen LogP contribution in [0.15, 0.2) is 91.0 Å². The van der Waals surface area contributed by atoms with E-state index in [9.17, 15) is 0 Å². The Labute approximate surface area is 160 Å². The smallest absolute Gasteiger partial charge is 0.160 e. The topological polar surface area (TPSA) is 25.8 Å². The highest BCUT2D eigenvalue weighted by Gasteiger charge is 2.10. The molecular formula is C22H15IN2. The molecular weight excluding hydrogens is 419 g/mol. The number of benzene rings is 3. The number of rotatable bonds is 3. The fourth-order valence-electron chi connectivity index (χ4n) is 2.72. The van der Waals surface area contributed by atoms with Gasteiger partial charge in [-0.1, -0.05) is 72.8 Å². The van der Waals surface area contributed by atoms with Crippen molar-refractivity contribution in [1.29, 1.82) is 0 Å². The zero-order chi connectivity index (χ0) is 17.1. The van der Waals surface area contributed by atoms with Gasteiger partial charge in [-0.05, 0) is 40.8 Å². The molecule has 0 N–H and O–H groups in total. The average molecular weight is 434 g/mol. The first kappa shape index (κ1) is 16.0. The van der Waals surface area contributed by atoms with E-state index in [4.69, 9.17) is 9.97 Å². The minimum Gasteiger partial charge on any atom is -0.228 e. The van der Waals surface area contributed by atoms with Crippen LogP contribution in [0.1, 0.15) is 0 Å². The van der Waals surface area contributed by atoms with Gasteiger partial charge in [-0.15, -0.1) is 0 Å². The quantitative estimate of drug-likeness (QED) is 0.365. The maximum atomic E-state index is 4.83. The summed E-state index contributed by atoms with van der Waals surface area (Å²) in [5, 5.41) is 0. The summed E-state index contributed by atoms with van der Waals surface area (Å²) in [5.74, 6) is 0.749. The standard InChI is InChI=1S/C22H15IN2/c23-19-13-7-12-18(14-19)22-24-20(16-8-3-1-4-9-16)15-21(25-22)17-10-5-2-6-11-17/h1-15H. The predicted molar refractivity (Wildman–Crippen MR) is 111 cm³/mol. The summed E-state index contributed by atoms with van der Waals surface area (Å²) in [6, 6.07) is 30.8. The maximum absolute atomic E-state index is 4.83. The van der Waals surface area contributed by atoms with Crippen LogP contribution in [0.4, 0.5) is 0 Å². The zero-order valence-electron chi connectivity index (χ0n) is 13.4. The van der Waals surface area contributed by atoms with E-state index in [0.29, 0.717) is 0 Å². The number of halogens is 1. The molecule has 4 rings (SSSR count). The second kappa shape index (κ2) is 7.15. The summed E-state index contributed by atoms with van der Waals surface area (Å²) >= 11 is 2.32. The largest absolute Gasteiger partial charge is 0.228 e. The van der Waals surface area contributed by atoms with Crippen molar-refractivity contribution in [3.05, 3.63) is 94.6 Å². The summed E-state index contributed by atoms with van der Waals surface area (Å²) in [7, 11) is 0. The first-order valence-electron chi connectivity index (χ1n) is 8.05. The lowest BCUT2D eigenvalue weighted by atomic mass is 10.1. The Bertz CT molecular complexity index is 941. The van der Waals surface area contributed by atoms with Crippen molar-refractivity contribution in [2.24, 2.45) is 0 Å². The molecule has 0 bridgehead atoms. The maximum Gasteiger partial charge on any atom is 0.160 e. The number of aromatic nitrogens is 2. The van der Waals surface area contributed by atoms with Gasteiger partial charge in [-0.25, -0.2) is 9.97 Å². The molecule has 0 aliphatic carbocycles. The fourth-order valence-corrected chi connectivity index (χ4v) is 3.26. The lowest BCUT2D eigenvalue weighted by Gasteiger charge is -2.09. The van der Waals surface area contributed by atoms with Gasteiger partial charge in [0.25, 0.3) is 0 Å². The molecule has 0 amide bonds. The number of hydrogen-bond donors (Lipinski definition) is 0. The Morgan fingerprint density at radius 2 is 1.04 bits per heavy atom. The molecule has 0 unspecified atom stereocenters. The van der Waals surface area contributed by atoms with Crippen molar-refractivity contribution in [3.8, 4) is 33.9 Å². The molecule has 0 aliphatic rings. The number of hydrogen-bond acceptors (Lipinski definition) is 2. The van der Waals surface area contributed by atoms with Gasteiger partial charge >= 0.3 is 0 Å². The van der Waals surface area contributed by atoms with Crippen molar-refractivity contribution >= 4 is 22.6 Å². The van der Waals surface area contributed by atoms with Crippen molar-refractivity contribution < 1.29 is 0 Å². The molecule has 120 valence electrons. The molecule has 3 aromatic carbocycles. The van der Waals surface area contributed by atoms with Crippen LogP contribution in [0.3, 0.4) is 0 Å². The molecule has 3 heteroatoms. The van der Waals surface area contributed by atoms with E-state index in [2.05, 4.69) is 71.1 Å².